The summed E-state index contributed by atoms with van der Waals surface area (Å²) in [6.45, 7) is 6.00. The van der Waals surface area contributed by atoms with Crippen LogP contribution in [-0.2, 0) is 12.8 Å². The number of para-hydroxylation sites is 1. The number of pyridine rings is 1. The molecule has 4 aromatic rings. The Morgan fingerprint density at radius 2 is 1.97 bits per heavy atom. The Hall–Kier alpha value is -3.48. The van der Waals surface area contributed by atoms with Crippen LogP contribution in [0.3, 0.4) is 0 Å². The molecule has 0 saturated carbocycles. The molecule has 1 amide bonds. The molecule has 0 atom stereocenters. The van der Waals surface area contributed by atoms with E-state index in [0.717, 1.165) is 53.1 Å². The van der Waals surface area contributed by atoms with Gasteiger partial charge < -0.3 is 5.32 Å². The number of carbonyl (C=O) groups excluding carboxylic acids is 1. The molecule has 30 heavy (non-hydrogen) atoms. The van der Waals surface area contributed by atoms with Crippen LogP contribution >= 0.6 is 0 Å². The molecule has 1 N–H and O–H groups in total. The monoisotopic (exact) mass is 400 g/mol. The molecule has 1 aromatic carbocycles. The predicted octanol–water partition coefficient (Wildman–Crippen LogP) is 4.25. The molecular weight excluding hydrogens is 376 g/mol. The molecule has 0 unspecified atom stereocenters. The quantitative estimate of drug-likeness (QED) is 0.556. The molecule has 7 nitrogen and oxygen atoms in total. The van der Waals surface area contributed by atoms with E-state index < -0.39 is 0 Å². The van der Waals surface area contributed by atoms with Gasteiger partial charge in [-0.15, -0.1) is 0 Å². The first kappa shape index (κ1) is 18.5. The van der Waals surface area contributed by atoms with Crippen LogP contribution < -0.4 is 5.32 Å². The van der Waals surface area contributed by atoms with Crippen molar-refractivity contribution in [3.05, 3.63) is 65.1 Å². The maximum atomic E-state index is 13.3. The summed E-state index contributed by atoms with van der Waals surface area (Å²) >= 11 is 0. The van der Waals surface area contributed by atoms with E-state index in [1.807, 2.05) is 52.7 Å². The first-order valence-corrected chi connectivity index (χ1v) is 10.4. The Labute approximate surface area is 174 Å². The number of nitrogens with one attached hydrogen (secondary N) is 1. The van der Waals surface area contributed by atoms with Crippen molar-refractivity contribution in [3.8, 4) is 5.69 Å². The zero-order chi connectivity index (χ0) is 20.8. The van der Waals surface area contributed by atoms with Crippen LogP contribution in [0.5, 0.6) is 0 Å². The summed E-state index contributed by atoms with van der Waals surface area (Å²) in [7, 11) is 0. The summed E-state index contributed by atoms with van der Waals surface area (Å²) in [5, 5.41) is 13.2. The highest BCUT2D eigenvalue weighted by Crippen LogP contribution is 2.31. The third kappa shape index (κ3) is 2.98. The van der Waals surface area contributed by atoms with Gasteiger partial charge in [0.05, 0.1) is 28.8 Å². The fraction of sp³-hybridized carbons (Fsp3) is 0.304. The largest absolute Gasteiger partial charge is 0.306 e. The minimum absolute atomic E-state index is 0.175. The fourth-order valence-corrected chi connectivity index (χ4v) is 4.12. The van der Waals surface area contributed by atoms with E-state index in [0.29, 0.717) is 11.3 Å². The third-order valence-corrected chi connectivity index (χ3v) is 5.63. The predicted molar refractivity (Wildman–Crippen MR) is 116 cm³/mol. The van der Waals surface area contributed by atoms with Gasteiger partial charge in [0.2, 0.25) is 0 Å². The van der Waals surface area contributed by atoms with Gasteiger partial charge in [-0.1, -0.05) is 18.2 Å². The van der Waals surface area contributed by atoms with Crippen molar-refractivity contribution >= 4 is 22.8 Å². The van der Waals surface area contributed by atoms with Gasteiger partial charge in [-0.25, -0.2) is 14.3 Å². The fourth-order valence-electron chi connectivity index (χ4n) is 4.12. The van der Waals surface area contributed by atoms with Gasteiger partial charge >= 0.3 is 0 Å². The van der Waals surface area contributed by atoms with Gasteiger partial charge in [-0.3, -0.25) is 4.79 Å². The van der Waals surface area contributed by atoms with Crippen LogP contribution in [0, 0.1) is 6.92 Å². The summed E-state index contributed by atoms with van der Waals surface area (Å²) in [5.41, 5.74) is 5.17. The third-order valence-electron chi connectivity index (χ3n) is 5.63. The standard InChI is InChI=1S/C23H24N6O/c1-14(2)28-21-16(13-24-28)12-19(15(3)25-21)23(30)26-22-18-10-7-11-20(18)27-29(22)17-8-5-4-6-9-17/h4-6,8-9,12-14H,7,10-11H2,1-3H3,(H,26,30). The number of hydrogen-bond donors (Lipinski definition) is 1. The maximum absolute atomic E-state index is 13.3. The Morgan fingerprint density at radius 3 is 2.73 bits per heavy atom. The number of carbonyl (C=O) groups is 1. The number of benzene rings is 1. The number of rotatable bonds is 4. The van der Waals surface area contributed by atoms with E-state index in [1.54, 1.807) is 6.20 Å². The highest BCUT2D eigenvalue weighted by molar-refractivity contribution is 6.06. The van der Waals surface area contributed by atoms with Crippen molar-refractivity contribution in [2.24, 2.45) is 0 Å². The molecule has 5 rings (SSSR count). The van der Waals surface area contributed by atoms with Crippen molar-refractivity contribution in [1.29, 1.82) is 0 Å². The summed E-state index contributed by atoms with van der Waals surface area (Å²) in [6, 6.07) is 12.0. The number of amides is 1. The molecule has 1 aliphatic carbocycles. The molecule has 0 spiro atoms. The Bertz CT molecular complexity index is 1250. The highest BCUT2D eigenvalue weighted by Gasteiger charge is 2.25. The highest BCUT2D eigenvalue weighted by atomic mass is 16.1. The Balaban J connectivity index is 1.54. The second kappa shape index (κ2) is 7.09. The molecule has 152 valence electrons. The second-order valence-corrected chi connectivity index (χ2v) is 8.05. The number of fused-ring (bicyclic) bond motifs is 2. The second-order valence-electron chi connectivity index (χ2n) is 8.05. The number of hydrogen-bond acceptors (Lipinski definition) is 4. The molecule has 0 saturated heterocycles. The minimum atomic E-state index is -0.175. The van der Waals surface area contributed by atoms with E-state index in [1.165, 1.54) is 0 Å². The van der Waals surface area contributed by atoms with Crippen molar-refractivity contribution in [2.45, 2.75) is 46.1 Å². The van der Waals surface area contributed by atoms with Crippen molar-refractivity contribution in [2.75, 3.05) is 5.32 Å². The molecule has 7 heteroatoms. The van der Waals surface area contributed by atoms with Crippen molar-refractivity contribution in [3.63, 3.8) is 0 Å². The van der Waals surface area contributed by atoms with E-state index >= 15 is 0 Å². The maximum Gasteiger partial charge on any atom is 0.258 e. The van der Waals surface area contributed by atoms with E-state index in [4.69, 9.17) is 5.10 Å². The van der Waals surface area contributed by atoms with Crippen LogP contribution in [0.25, 0.3) is 16.7 Å². The van der Waals surface area contributed by atoms with Crippen LogP contribution in [0.4, 0.5) is 5.82 Å². The number of nitrogens with zero attached hydrogens (tertiary/aromatic N) is 5. The van der Waals surface area contributed by atoms with Crippen molar-refractivity contribution < 1.29 is 4.79 Å². The topological polar surface area (TPSA) is 77.6 Å². The molecule has 3 aromatic heterocycles. The van der Waals surface area contributed by atoms with Crippen LogP contribution in [0.2, 0.25) is 0 Å². The van der Waals surface area contributed by atoms with Gasteiger partial charge in [0.25, 0.3) is 5.91 Å². The minimum Gasteiger partial charge on any atom is -0.306 e. The summed E-state index contributed by atoms with van der Waals surface area (Å²) < 4.78 is 3.72. The lowest BCUT2D eigenvalue weighted by Gasteiger charge is -2.13. The lowest BCUT2D eigenvalue weighted by Crippen LogP contribution is -2.18. The van der Waals surface area contributed by atoms with Gasteiger partial charge in [-0.05, 0) is 58.2 Å². The average molecular weight is 400 g/mol. The van der Waals surface area contributed by atoms with Crippen molar-refractivity contribution in [1.82, 2.24) is 24.5 Å². The smallest absolute Gasteiger partial charge is 0.258 e. The lowest BCUT2D eigenvalue weighted by molar-refractivity contribution is 0.102. The van der Waals surface area contributed by atoms with Gasteiger partial charge in [0.15, 0.2) is 5.65 Å². The number of aromatic nitrogens is 5. The Morgan fingerprint density at radius 1 is 1.17 bits per heavy atom. The molecular formula is C23H24N6O. The molecule has 0 radical (unpaired) electrons. The van der Waals surface area contributed by atoms with Gasteiger partial charge in [0.1, 0.15) is 5.82 Å². The molecule has 0 bridgehead atoms. The molecule has 1 aliphatic rings. The first-order valence-electron chi connectivity index (χ1n) is 10.4. The number of anilines is 1. The Kier molecular flexibility index (Phi) is 4.38. The normalized spacial score (nSPS) is 13.2. The lowest BCUT2D eigenvalue weighted by atomic mass is 10.1. The van der Waals surface area contributed by atoms with Crippen LogP contribution in [0.15, 0.2) is 42.6 Å². The molecule has 0 aliphatic heterocycles. The number of aryl methyl sites for hydroxylation is 2. The molecule has 0 fully saturated rings. The van der Waals surface area contributed by atoms with Crippen LogP contribution in [0.1, 0.15) is 53.6 Å². The van der Waals surface area contributed by atoms with E-state index in [2.05, 4.69) is 29.2 Å². The van der Waals surface area contributed by atoms with E-state index in [9.17, 15) is 4.79 Å². The van der Waals surface area contributed by atoms with Gasteiger partial charge in [0, 0.05) is 17.0 Å². The SMILES string of the molecule is Cc1nc2c(cnn2C(C)C)cc1C(=O)Nc1c2c(nn1-c1ccccc1)CCC2. The summed E-state index contributed by atoms with van der Waals surface area (Å²) in [4.78, 5) is 18.0. The summed E-state index contributed by atoms with van der Waals surface area (Å²) in [5.74, 6) is 0.585. The van der Waals surface area contributed by atoms with Gasteiger partial charge in [-0.2, -0.15) is 10.2 Å². The first-order chi connectivity index (χ1) is 14.5. The molecule has 3 heterocycles. The average Bonchev–Trinajstić information content (AvgIpc) is 3.43. The summed E-state index contributed by atoms with van der Waals surface area (Å²) in [6.07, 6.45) is 4.70. The van der Waals surface area contributed by atoms with Crippen LogP contribution in [-0.4, -0.2) is 30.5 Å². The zero-order valence-corrected chi connectivity index (χ0v) is 17.4. The van der Waals surface area contributed by atoms with E-state index in [-0.39, 0.29) is 11.9 Å². The zero-order valence-electron chi connectivity index (χ0n) is 17.4.